The number of hydrogen-bond donors (Lipinski definition) is 3. The van der Waals surface area contributed by atoms with Crippen molar-refractivity contribution in [3.05, 3.63) is 71.1 Å². The van der Waals surface area contributed by atoms with Crippen molar-refractivity contribution in [2.75, 3.05) is 55.9 Å². The minimum Gasteiger partial charge on any atom is -0.495 e. The van der Waals surface area contributed by atoms with Crippen molar-refractivity contribution in [2.45, 2.75) is 26.8 Å². The Hall–Kier alpha value is -4.29. The highest BCUT2D eigenvalue weighted by Crippen LogP contribution is 2.33. The molecule has 0 aliphatic carbocycles. The molecule has 198 valence electrons. The normalized spacial score (nSPS) is 16.6. The van der Waals surface area contributed by atoms with Crippen LogP contribution in [0.15, 0.2) is 64.9 Å². The number of hydrogen-bond acceptors (Lipinski definition) is 7. The first kappa shape index (κ1) is 26.8. The van der Waals surface area contributed by atoms with E-state index in [0.29, 0.717) is 35.0 Å². The summed E-state index contributed by atoms with van der Waals surface area (Å²) in [6, 6.07) is 13.8. The number of amides is 1. The summed E-state index contributed by atoms with van der Waals surface area (Å²) < 4.78 is 5.66. The van der Waals surface area contributed by atoms with E-state index in [2.05, 4.69) is 44.9 Å². The number of nitrogens with one attached hydrogen (secondary N) is 3. The molecule has 9 nitrogen and oxygen atoms in total. The van der Waals surface area contributed by atoms with E-state index in [4.69, 9.17) is 9.73 Å². The smallest absolute Gasteiger partial charge is 0.254 e. The van der Waals surface area contributed by atoms with Crippen molar-refractivity contribution in [1.29, 1.82) is 5.26 Å². The number of methoxy groups -OCH3 is 1. The Labute approximate surface area is 224 Å². The number of anilines is 3. The second-order valence-corrected chi connectivity index (χ2v) is 9.22. The zero-order chi connectivity index (χ0) is 27.1. The van der Waals surface area contributed by atoms with Crippen LogP contribution in [0.5, 0.6) is 5.75 Å². The van der Waals surface area contributed by atoms with Crippen LogP contribution in [-0.2, 0) is 6.54 Å². The van der Waals surface area contributed by atoms with Gasteiger partial charge in [-0.1, -0.05) is 25.1 Å². The Morgan fingerprint density at radius 3 is 2.68 bits per heavy atom. The molecule has 2 aromatic carbocycles. The lowest BCUT2D eigenvalue weighted by Gasteiger charge is -2.35. The summed E-state index contributed by atoms with van der Waals surface area (Å²) in [5, 5.41) is 19.4. The van der Waals surface area contributed by atoms with Crippen molar-refractivity contribution in [3.8, 4) is 11.8 Å². The summed E-state index contributed by atoms with van der Waals surface area (Å²) in [5.41, 5.74) is 4.37. The highest BCUT2D eigenvalue weighted by Gasteiger charge is 2.23. The lowest BCUT2D eigenvalue weighted by Crippen LogP contribution is -2.44. The van der Waals surface area contributed by atoms with E-state index < -0.39 is 0 Å². The number of carbonyl (C=O) groups is 1. The third kappa shape index (κ3) is 5.98. The number of ether oxygens (including phenoxy) is 1. The van der Waals surface area contributed by atoms with Crippen LogP contribution in [0, 0.1) is 11.3 Å². The Bertz CT molecular complexity index is 1310. The number of nitrogens with zero attached hydrogens (tertiary/aromatic N) is 4. The quantitative estimate of drug-likeness (QED) is 0.274. The molecule has 1 amide bonds. The summed E-state index contributed by atoms with van der Waals surface area (Å²) in [4.78, 5) is 21.9. The zero-order valence-electron chi connectivity index (χ0n) is 22.5. The van der Waals surface area contributed by atoms with Gasteiger partial charge in [0.2, 0.25) is 0 Å². The molecule has 0 aromatic heterocycles. The molecule has 1 saturated heterocycles. The minimum absolute atomic E-state index is 0.140. The van der Waals surface area contributed by atoms with Gasteiger partial charge < -0.3 is 30.5 Å². The van der Waals surface area contributed by atoms with Gasteiger partial charge in [0, 0.05) is 38.4 Å². The predicted molar refractivity (Wildman–Crippen MR) is 153 cm³/mol. The molecule has 2 aliphatic rings. The average molecular weight is 514 g/mol. The summed E-state index contributed by atoms with van der Waals surface area (Å²) in [5.74, 6) is 1.64. The van der Waals surface area contributed by atoms with E-state index in [1.54, 1.807) is 20.1 Å². The molecular weight excluding hydrogens is 478 g/mol. The lowest BCUT2D eigenvalue weighted by atomic mass is 10.1. The van der Waals surface area contributed by atoms with Crippen LogP contribution in [-0.4, -0.2) is 57.0 Å². The second kappa shape index (κ2) is 12.3. The first-order valence-corrected chi connectivity index (χ1v) is 12.9. The number of likely N-dealkylation sites (N-methyl/N-ethyl adjacent to an activating group) is 1. The Balaban J connectivity index is 1.66. The third-order valence-electron chi connectivity index (χ3n) is 6.66. The molecule has 0 radical (unpaired) electrons. The maximum absolute atomic E-state index is 12.5. The first-order chi connectivity index (χ1) is 18.5. The van der Waals surface area contributed by atoms with E-state index in [0.717, 1.165) is 55.3 Å². The van der Waals surface area contributed by atoms with Gasteiger partial charge in [-0.15, -0.1) is 0 Å². The molecule has 0 saturated carbocycles. The topological polar surface area (TPSA) is 105 Å². The molecular formula is C29H35N7O2. The van der Waals surface area contributed by atoms with Gasteiger partial charge in [0.25, 0.3) is 5.91 Å². The van der Waals surface area contributed by atoms with Crippen LogP contribution in [0.25, 0.3) is 0 Å². The molecule has 9 heteroatoms. The van der Waals surface area contributed by atoms with Gasteiger partial charge in [-0.2, -0.15) is 5.26 Å². The number of nitriles is 1. The number of carbonyl (C=O) groups excluding carboxylic acids is 1. The Morgan fingerprint density at radius 2 is 2.00 bits per heavy atom. The molecule has 0 bridgehead atoms. The number of piperazine rings is 1. The largest absolute Gasteiger partial charge is 0.495 e. The maximum atomic E-state index is 12.5. The van der Waals surface area contributed by atoms with Gasteiger partial charge in [-0.3, -0.25) is 4.79 Å². The van der Waals surface area contributed by atoms with Crippen molar-refractivity contribution < 1.29 is 9.53 Å². The SMILES string of the molecule is C\C=C(C#N)/C(=N/C(=C/CC)Nc1ccc(OC)c(N2CCN(C)CC2)c1)Nc1cccc2c1C(=O)NC2. The van der Waals surface area contributed by atoms with Crippen LogP contribution in [0.2, 0.25) is 0 Å². The van der Waals surface area contributed by atoms with Crippen LogP contribution < -0.4 is 25.6 Å². The zero-order valence-corrected chi connectivity index (χ0v) is 22.5. The molecule has 2 aliphatic heterocycles. The summed E-state index contributed by atoms with van der Waals surface area (Å²) in [7, 11) is 3.82. The summed E-state index contributed by atoms with van der Waals surface area (Å²) in [6.45, 7) is 8.12. The van der Waals surface area contributed by atoms with Crippen LogP contribution >= 0.6 is 0 Å². The fourth-order valence-electron chi connectivity index (χ4n) is 4.57. The molecule has 1 fully saturated rings. The molecule has 38 heavy (non-hydrogen) atoms. The van der Waals surface area contributed by atoms with E-state index >= 15 is 0 Å². The van der Waals surface area contributed by atoms with Gasteiger partial charge in [-0.05, 0) is 56.3 Å². The van der Waals surface area contributed by atoms with Gasteiger partial charge in [0.05, 0.1) is 29.6 Å². The number of fused-ring (bicyclic) bond motifs is 1. The molecule has 0 unspecified atom stereocenters. The van der Waals surface area contributed by atoms with Crippen molar-refractivity contribution >= 4 is 28.8 Å². The molecule has 0 atom stereocenters. The predicted octanol–water partition coefficient (Wildman–Crippen LogP) is 4.33. The molecule has 4 rings (SSSR count). The highest BCUT2D eigenvalue weighted by atomic mass is 16.5. The van der Waals surface area contributed by atoms with Crippen molar-refractivity contribution in [1.82, 2.24) is 10.2 Å². The van der Waals surface area contributed by atoms with Crippen molar-refractivity contribution in [2.24, 2.45) is 4.99 Å². The Kier molecular flexibility index (Phi) is 8.66. The van der Waals surface area contributed by atoms with E-state index in [1.165, 1.54) is 0 Å². The second-order valence-electron chi connectivity index (χ2n) is 9.22. The van der Waals surface area contributed by atoms with Crippen LogP contribution in [0.4, 0.5) is 17.1 Å². The van der Waals surface area contributed by atoms with Crippen LogP contribution in [0.1, 0.15) is 36.2 Å². The number of rotatable bonds is 8. The fraction of sp³-hybridized carbons (Fsp3) is 0.345. The lowest BCUT2D eigenvalue weighted by molar-refractivity contribution is 0.0966. The first-order valence-electron chi connectivity index (χ1n) is 12.9. The molecule has 0 spiro atoms. The van der Waals surface area contributed by atoms with Gasteiger partial charge >= 0.3 is 0 Å². The summed E-state index contributed by atoms with van der Waals surface area (Å²) in [6.07, 6.45) is 4.41. The van der Waals surface area contributed by atoms with Gasteiger partial charge in [0.15, 0.2) is 0 Å². The van der Waals surface area contributed by atoms with E-state index in [-0.39, 0.29) is 5.91 Å². The minimum atomic E-state index is -0.140. The standard InChI is InChI=1S/C29H35N7O2/c1-5-8-26(32-22-11-12-25(38-4)24(17-22)36-15-13-35(3)14-16-36)34-28(20(6-2)18-30)33-23-10-7-9-21-19-31-29(37)27(21)23/h6-12,17,32H,5,13-16,19H2,1-4H3,(H,31,37)(H,33,34)/b20-6-,26-8+. The van der Waals surface area contributed by atoms with Crippen molar-refractivity contribution in [3.63, 3.8) is 0 Å². The van der Waals surface area contributed by atoms with Gasteiger partial charge in [-0.25, -0.2) is 4.99 Å². The number of allylic oxidation sites excluding steroid dienone is 2. The molecule has 2 aromatic rings. The van der Waals surface area contributed by atoms with Gasteiger partial charge in [0.1, 0.15) is 23.5 Å². The monoisotopic (exact) mass is 513 g/mol. The average Bonchev–Trinajstić information content (AvgIpc) is 3.31. The van der Waals surface area contributed by atoms with E-state index in [1.807, 2.05) is 43.3 Å². The fourth-order valence-corrected chi connectivity index (χ4v) is 4.57. The third-order valence-corrected chi connectivity index (χ3v) is 6.66. The van der Waals surface area contributed by atoms with Crippen LogP contribution in [0.3, 0.4) is 0 Å². The molecule has 3 N–H and O–H groups in total. The Morgan fingerprint density at radius 1 is 1.21 bits per heavy atom. The van der Waals surface area contributed by atoms with E-state index in [9.17, 15) is 10.1 Å². The maximum Gasteiger partial charge on any atom is 0.254 e. The number of amidine groups is 1. The highest BCUT2D eigenvalue weighted by molar-refractivity contribution is 6.14. The summed E-state index contributed by atoms with van der Waals surface area (Å²) >= 11 is 0. The number of benzene rings is 2. The molecule has 2 heterocycles. The number of aliphatic imine (C=N–C) groups is 1.